The smallest absolute Gasteiger partial charge is 0.330 e. The van der Waals surface area contributed by atoms with Crippen LogP contribution in [-0.2, 0) is 19.1 Å². The first-order valence-electron chi connectivity index (χ1n) is 9.70. The van der Waals surface area contributed by atoms with Crippen LogP contribution in [0.15, 0.2) is 72.8 Å². The molecule has 0 bridgehead atoms. The Hall–Kier alpha value is -3.25. The molecule has 0 unspecified atom stereocenters. The summed E-state index contributed by atoms with van der Waals surface area (Å²) < 4.78 is 4.95. The first-order valence-corrected chi connectivity index (χ1v) is 9.70. The predicted octanol–water partition coefficient (Wildman–Crippen LogP) is 2.62. The van der Waals surface area contributed by atoms with Gasteiger partial charge in [-0.3, -0.25) is 9.59 Å². The summed E-state index contributed by atoms with van der Waals surface area (Å²) in [6.45, 7) is 2.01. The number of carbonyl (C=O) groups is 3. The van der Waals surface area contributed by atoms with Crippen LogP contribution in [-0.4, -0.2) is 30.4 Å². The zero-order valence-corrected chi connectivity index (χ0v) is 16.0. The van der Waals surface area contributed by atoms with Crippen molar-refractivity contribution in [3.8, 4) is 0 Å². The Kier molecular flexibility index (Phi) is 5.27. The summed E-state index contributed by atoms with van der Waals surface area (Å²) in [7, 11) is 0. The fourth-order valence-electron chi connectivity index (χ4n) is 4.20. The average molecular weight is 390 g/mol. The number of ether oxygens (including phenoxy) is 1. The standard InChI is InChI=1S/C23H22N2O4/c1-2-29-18(26)14-13-17-19-20(21(24-17)15-9-5-3-6-10-15)23(28)25(22(19)27)16-11-7-4-8-12-16/h3-14,17,19-21,24H,2H2,1H3/b14-13+/t17-,19+,20+,21+/m0/s1. The zero-order valence-electron chi connectivity index (χ0n) is 16.0. The van der Waals surface area contributed by atoms with E-state index >= 15 is 0 Å². The molecule has 6 heteroatoms. The molecule has 2 heterocycles. The normalized spacial score (nSPS) is 26.2. The molecule has 29 heavy (non-hydrogen) atoms. The molecule has 4 atom stereocenters. The molecule has 2 aliphatic heterocycles. The fraction of sp³-hybridized carbons (Fsp3) is 0.261. The molecule has 2 aromatic carbocycles. The zero-order chi connectivity index (χ0) is 20.4. The van der Waals surface area contributed by atoms with Gasteiger partial charge in [-0.1, -0.05) is 54.6 Å². The van der Waals surface area contributed by atoms with Crippen LogP contribution in [0.2, 0.25) is 0 Å². The fourth-order valence-corrected chi connectivity index (χ4v) is 4.20. The highest BCUT2D eigenvalue weighted by Gasteiger charge is 2.58. The van der Waals surface area contributed by atoms with Gasteiger partial charge in [0, 0.05) is 18.2 Å². The number of anilines is 1. The number of imide groups is 1. The second kappa shape index (κ2) is 8.01. The molecule has 0 radical (unpaired) electrons. The molecular formula is C23H22N2O4. The van der Waals surface area contributed by atoms with E-state index in [0.29, 0.717) is 5.69 Å². The first kappa shape index (κ1) is 19.1. The molecule has 2 aromatic rings. The van der Waals surface area contributed by atoms with Gasteiger partial charge in [0.1, 0.15) is 0 Å². The first-order chi connectivity index (χ1) is 14.1. The summed E-state index contributed by atoms with van der Waals surface area (Å²) >= 11 is 0. The highest BCUT2D eigenvalue weighted by atomic mass is 16.5. The van der Waals surface area contributed by atoms with E-state index < -0.39 is 23.8 Å². The Morgan fingerprint density at radius 2 is 1.62 bits per heavy atom. The molecule has 4 rings (SSSR count). The van der Waals surface area contributed by atoms with Crippen LogP contribution in [0.3, 0.4) is 0 Å². The number of hydrogen-bond acceptors (Lipinski definition) is 5. The van der Waals surface area contributed by atoms with Gasteiger partial charge in [0.05, 0.1) is 24.1 Å². The Balaban J connectivity index is 1.70. The SMILES string of the molecule is CCOC(=O)/C=C/[C@@H]1N[C@H](c2ccccc2)[C@@H]2C(=O)N(c3ccccc3)C(=O)[C@@H]21. The minimum atomic E-state index is -0.585. The molecule has 148 valence electrons. The topological polar surface area (TPSA) is 75.7 Å². The van der Waals surface area contributed by atoms with E-state index in [0.717, 1.165) is 5.56 Å². The van der Waals surface area contributed by atoms with Crippen molar-refractivity contribution < 1.29 is 19.1 Å². The van der Waals surface area contributed by atoms with Crippen molar-refractivity contribution in [2.24, 2.45) is 11.8 Å². The second-order valence-electron chi connectivity index (χ2n) is 7.09. The lowest BCUT2D eigenvalue weighted by molar-refractivity contribution is -0.137. The quantitative estimate of drug-likeness (QED) is 0.483. The van der Waals surface area contributed by atoms with E-state index in [1.807, 2.05) is 36.4 Å². The van der Waals surface area contributed by atoms with Gasteiger partial charge < -0.3 is 10.1 Å². The third-order valence-electron chi connectivity index (χ3n) is 5.42. The Morgan fingerprint density at radius 1 is 1.00 bits per heavy atom. The van der Waals surface area contributed by atoms with E-state index in [4.69, 9.17) is 4.74 Å². The minimum absolute atomic E-state index is 0.223. The molecular weight excluding hydrogens is 368 g/mol. The number of benzene rings is 2. The number of hydrogen-bond donors (Lipinski definition) is 1. The minimum Gasteiger partial charge on any atom is -0.463 e. The molecule has 2 amide bonds. The van der Waals surface area contributed by atoms with Gasteiger partial charge >= 0.3 is 5.97 Å². The summed E-state index contributed by atoms with van der Waals surface area (Å²) in [6, 6.07) is 17.8. The number of rotatable bonds is 5. The molecule has 0 spiro atoms. The number of fused-ring (bicyclic) bond motifs is 1. The van der Waals surface area contributed by atoms with Gasteiger partial charge in [0.25, 0.3) is 0 Å². The van der Waals surface area contributed by atoms with E-state index in [-0.39, 0.29) is 24.5 Å². The van der Waals surface area contributed by atoms with Crippen molar-refractivity contribution in [3.05, 3.63) is 78.4 Å². The average Bonchev–Trinajstić information content (AvgIpc) is 3.25. The third-order valence-corrected chi connectivity index (χ3v) is 5.42. The summed E-state index contributed by atoms with van der Waals surface area (Å²) in [5.74, 6) is -2.07. The Bertz CT molecular complexity index is 942. The van der Waals surface area contributed by atoms with E-state index in [9.17, 15) is 14.4 Å². The van der Waals surface area contributed by atoms with Crippen molar-refractivity contribution in [1.82, 2.24) is 5.32 Å². The molecule has 0 aliphatic carbocycles. The maximum Gasteiger partial charge on any atom is 0.330 e. The van der Waals surface area contributed by atoms with Crippen LogP contribution in [0, 0.1) is 11.8 Å². The molecule has 1 N–H and O–H groups in total. The highest BCUT2D eigenvalue weighted by Crippen LogP contribution is 2.45. The van der Waals surface area contributed by atoms with Gasteiger partial charge in [-0.15, -0.1) is 0 Å². The number of para-hydroxylation sites is 1. The van der Waals surface area contributed by atoms with Crippen LogP contribution < -0.4 is 10.2 Å². The molecule has 0 saturated carbocycles. The van der Waals surface area contributed by atoms with Crippen LogP contribution in [0.4, 0.5) is 5.69 Å². The summed E-state index contributed by atoms with van der Waals surface area (Å²) in [6.07, 6.45) is 2.97. The summed E-state index contributed by atoms with van der Waals surface area (Å²) in [4.78, 5) is 39.6. The highest BCUT2D eigenvalue weighted by molar-refractivity contribution is 6.23. The van der Waals surface area contributed by atoms with Crippen molar-refractivity contribution in [3.63, 3.8) is 0 Å². The third kappa shape index (κ3) is 3.47. The molecule has 6 nitrogen and oxygen atoms in total. The predicted molar refractivity (Wildman–Crippen MR) is 108 cm³/mol. The lowest BCUT2D eigenvalue weighted by atomic mass is 9.86. The molecule has 2 aliphatic rings. The number of amides is 2. The van der Waals surface area contributed by atoms with Crippen molar-refractivity contribution in [2.45, 2.75) is 19.0 Å². The van der Waals surface area contributed by atoms with Crippen LogP contribution in [0.25, 0.3) is 0 Å². The van der Waals surface area contributed by atoms with Gasteiger partial charge in [-0.05, 0) is 24.6 Å². The van der Waals surface area contributed by atoms with E-state index in [1.54, 1.807) is 37.3 Å². The van der Waals surface area contributed by atoms with Crippen LogP contribution in [0.1, 0.15) is 18.5 Å². The van der Waals surface area contributed by atoms with Crippen molar-refractivity contribution >= 4 is 23.5 Å². The Morgan fingerprint density at radius 3 is 2.28 bits per heavy atom. The van der Waals surface area contributed by atoms with Gasteiger partial charge in [-0.25, -0.2) is 9.69 Å². The van der Waals surface area contributed by atoms with Crippen molar-refractivity contribution in [1.29, 1.82) is 0 Å². The van der Waals surface area contributed by atoms with Gasteiger partial charge in [0.2, 0.25) is 11.8 Å². The molecule has 2 fully saturated rings. The lowest BCUT2D eigenvalue weighted by Gasteiger charge is -2.21. The van der Waals surface area contributed by atoms with Crippen LogP contribution in [0.5, 0.6) is 0 Å². The van der Waals surface area contributed by atoms with E-state index in [1.165, 1.54) is 11.0 Å². The van der Waals surface area contributed by atoms with Gasteiger partial charge in [-0.2, -0.15) is 0 Å². The van der Waals surface area contributed by atoms with Crippen LogP contribution >= 0.6 is 0 Å². The molecule has 0 aromatic heterocycles. The number of nitrogens with zero attached hydrogens (tertiary/aromatic N) is 1. The maximum absolute atomic E-state index is 13.3. The largest absolute Gasteiger partial charge is 0.463 e. The number of nitrogens with one attached hydrogen (secondary N) is 1. The second-order valence-corrected chi connectivity index (χ2v) is 7.09. The lowest BCUT2D eigenvalue weighted by Crippen LogP contribution is -2.38. The van der Waals surface area contributed by atoms with Crippen molar-refractivity contribution in [2.75, 3.05) is 11.5 Å². The molecule has 2 saturated heterocycles. The van der Waals surface area contributed by atoms with E-state index in [2.05, 4.69) is 5.32 Å². The monoisotopic (exact) mass is 390 g/mol. The van der Waals surface area contributed by atoms with Gasteiger partial charge in [0.15, 0.2) is 0 Å². The maximum atomic E-state index is 13.3. The summed E-state index contributed by atoms with van der Waals surface area (Å²) in [5.41, 5.74) is 1.50. The summed E-state index contributed by atoms with van der Waals surface area (Å²) in [5, 5.41) is 3.38. The number of esters is 1. The Labute approximate surface area is 169 Å². The number of carbonyl (C=O) groups excluding carboxylic acids is 3.